The number of nitrogens with zero attached hydrogens (tertiary/aromatic N) is 2. The van der Waals surface area contributed by atoms with Gasteiger partial charge in [0.1, 0.15) is 5.69 Å². The van der Waals surface area contributed by atoms with E-state index in [1.54, 1.807) is 0 Å². The Kier molecular flexibility index (Phi) is 4.63. The van der Waals surface area contributed by atoms with Gasteiger partial charge in [-0.1, -0.05) is 5.92 Å². The summed E-state index contributed by atoms with van der Waals surface area (Å²) in [5.74, 6) is 3.87. The minimum absolute atomic E-state index is 0.128. The standard InChI is InChI=1S/C11H12N4O3/c1-7(16)13-5-3-2-4-8-6-14-10(12)9(15-8)11(17)18/h6H,3,5H2,1H3,(H2,12,14)(H,13,16)(H,17,18). The first-order valence-corrected chi connectivity index (χ1v) is 5.10. The Morgan fingerprint density at radius 2 is 2.28 bits per heavy atom. The maximum atomic E-state index is 10.7. The van der Waals surface area contributed by atoms with E-state index in [2.05, 4.69) is 27.1 Å². The summed E-state index contributed by atoms with van der Waals surface area (Å²) in [7, 11) is 0. The molecule has 18 heavy (non-hydrogen) atoms. The maximum absolute atomic E-state index is 10.7. The lowest BCUT2D eigenvalue weighted by Crippen LogP contribution is -2.20. The van der Waals surface area contributed by atoms with E-state index in [1.807, 2.05) is 0 Å². The van der Waals surface area contributed by atoms with E-state index in [-0.39, 0.29) is 23.1 Å². The second kappa shape index (κ2) is 6.20. The van der Waals surface area contributed by atoms with Crippen molar-refractivity contribution in [3.8, 4) is 11.8 Å². The third kappa shape index (κ3) is 4.09. The highest BCUT2D eigenvalue weighted by Gasteiger charge is 2.10. The first kappa shape index (κ1) is 13.4. The van der Waals surface area contributed by atoms with Crippen molar-refractivity contribution in [1.82, 2.24) is 15.3 Å². The topological polar surface area (TPSA) is 118 Å². The Hall–Kier alpha value is -2.62. The van der Waals surface area contributed by atoms with Crippen molar-refractivity contribution in [2.45, 2.75) is 13.3 Å². The summed E-state index contributed by atoms with van der Waals surface area (Å²) in [4.78, 5) is 28.8. The van der Waals surface area contributed by atoms with E-state index < -0.39 is 5.97 Å². The van der Waals surface area contributed by atoms with Crippen LogP contribution in [0.3, 0.4) is 0 Å². The number of hydrogen-bond donors (Lipinski definition) is 3. The summed E-state index contributed by atoms with van der Waals surface area (Å²) < 4.78 is 0. The van der Waals surface area contributed by atoms with Crippen molar-refractivity contribution in [1.29, 1.82) is 0 Å². The molecule has 0 aromatic carbocycles. The fourth-order valence-corrected chi connectivity index (χ4v) is 1.07. The number of carboxylic acid groups (broad SMARTS) is 1. The third-order valence-electron chi connectivity index (χ3n) is 1.84. The number of anilines is 1. The predicted molar refractivity (Wildman–Crippen MR) is 63.6 cm³/mol. The van der Waals surface area contributed by atoms with E-state index in [1.165, 1.54) is 13.1 Å². The van der Waals surface area contributed by atoms with Crippen LogP contribution >= 0.6 is 0 Å². The van der Waals surface area contributed by atoms with Crippen LogP contribution in [-0.2, 0) is 4.79 Å². The quantitative estimate of drug-likeness (QED) is 0.496. The zero-order valence-corrected chi connectivity index (χ0v) is 9.73. The number of carbonyl (C=O) groups is 2. The van der Waals surface area contributed by atoms with Gasteiger partial charge in [-0.3, -0.25) is 4.79 Å². The summed E-state index contributed by atoms with van der Waals surface area (Å²) >= 11 is 0. The molecular formula is C11H12N4O3. The van der Waals surface area contributed by atoms with Crippen molar-refractivity contribution in [3.05, 3.63) is 17.6 Å². The highest BCUT2D eigenvalue weighted by atomic mass is 16.4. The number of nitrogen functional groups attached to an aromatic ring is 1. The Morgan fingerprint density at radius 3 is 2.89 bits per heavy atom. The van der Waals surface area contributed by atoms with Gasteiger partial charge in [-0.05, 0) is 5.92 Å². The van der Waals surface area contributed by atoms with Crippen molar-refractivity contribution >= 4 is 17.7 Å². The molecule has 0 fully saturated rings. The molecule has 1 aromatic heterocycles. The molecule has 1 amide bonds. The molecule has 94 valence electrons. The zero-order valence-electron chi connectivity index (χ0n) is 9.73. The highest BCUT2D eigenvalue weighted by Crippen LogP contribution is 2.04. The van der Waals surface area contributed by atoms with Crippen LogP contribution in [0, 0.1) is 11.8 Å². The minimum Gasteiger partial charge on any atom is -0.476 e. The molecule has 1 rings (SSSR count). The molecule has 0 bridgehead atoms. The van der Waals surface area contributed by atoms with Gasteiger partial charge in [0.05, 0.1) is 6.20 Å². The number of nitrogens with two attached hydrogens (primary N) is 1. The molecule has 0 spiro atoms. The fourth-order valence-electron chi connectivity index (χ4n) is 1.07. The molecule has 0 saturated carbocycles. The maximum Gasteiger partial charge on any atom is 0.358 e. The van der Waals surface area contributed by atoms with Gasteiger partial charge in [0.15, 0.2) is 11.5 Å². The monoisotopic (exact) mass is 248 g/mol. The van der Waals surface area contributed by atoms with E-state index in [0.717, 1.165) is 0 Å². The second-order valence-corrected chi connectivity index (χ2v) is 3.33. The summed E-state index contributed by atoms with van der Waals surface area (Å²) in [6.07, 6.45) is 1.74. The van der Waals surface area contributed by atoms with Gasteiger partial charge in [-0.25, -0.2) is 14.8 Å². The van der Waals surface area contributed by atoms with Crippen LogP contribution < -0.4 is 11.1 Å². The van der Waals surface area contributed by atoms with Crippen LogP contribution in [0.4, 0.5) is 5.82 Å². The van der Waals surface area contributed by atoms with Gasteiger partial charge in [0.25, 0.3) is 0 Å². The van der Waals surface area contributed by atoms with Gasteiger partial charge in [-0.15, -0.1) is 0 Å². The lowest BCUT2D eigenvalue weighted by molar-refractivity contribution is -0.118. The highest BCUT2D eigenvalue weighted by molar-refractivity contribution is 5.90. The van der Waals surface area contributed by atoms with Crippen LogP contribution in [0.2, 0.25) is 0 Å². The molecule has 1 aromatic rings. The van der Waals surface area contributed by atoms with Crippen LogP contribution in [-0.4, -0.2) is 33.5 Å². The van der Waals surface area contributed by atoms with Crippen molar-refractivity contribution in [2.24, 2.45) is 0 Å². The minimum atomic E-state index is -1.25. The summed E-state index contributed by atoms with van der Waals surface area (Å²) in [5, 5.41) is 11.4. The van der Waals surface area contributed by atoms with Gasteiger partial charge < -0.3 is 16.2 Å². The third-order valence-corrected chi connectivity index (χ3v) is 1.84. The number of carboxylic acids is 1. The smallest absolute Gasteiger partial charge is 0.358 e. The fraction of sp³-hybridized carbons (Fsp3) is 0.273. The second-order valence-electron chi connectivity index (χ2n) is 3.33. The first-order valence-electron chi connectivity index (χ1n) is 5.10. The number of nitrogens with one attached hydrogen (secondary N) is 1. The molecule has 0 aliphatic heterocycles. The zero-order chi connectivity index (χ0) is 13.5. The lowest BCUT2D eigenvalue weighted by Gasteiger charge is -1.98. The van der Waals surface area contributed by atoms with Crippen molar-refractivity contribution in [3.63, 3.8) is 0 Å². The Bertz CT molecular complexity index is 531. The lowest BCUT2D eigenvalue weighted by atomic mass is 10.3. The van der Waals surface area contributed by atoms with Crippen molar-refractivity contribution < 1.29 is 14.7 Å². The normalized spacial score (nSPS) is 9.17. The van der Waals surface area contributed by atoms with E-state index >= 15 is 0 Å². The van der Waals surface area contributed by atoms with Crippen LogP contribution in [0.1, 0.15) is 29.5 Å². The molecule has 0 saturated heterocycles. The van der Waals surface area contributed by atoms with Crippen LogP contribution in [0.25, 0.3) is 0 Å². The summed E-state index contributed by atoms with van der Waals surface area (Å²) in [6.45, 7) is 1.84. The molecule has 7 nitrogen and oxygen atoms in total. The number of amides is 1. The Labute approximate surface area is 103 Å². The number of rotatable bonds is 3. The molecule has 4 N–H and O–H groups in total. The SMILES string of the molecule is CC(=O)NCCC#Cc1cnc(N)c(C(=O)O)n1. The molecule has 1 heterocycles. The number of aromatic nitrogens is 2. The van der Waals surface area contributed by atoms with Gasteiger partial charge in [0.2, 0.25) is 5.91 Å². The van der Waals surface area contributed by atoms with Crippen LogP contribution in [0.15, 0.2) is 6.20 Å². The Balaban J connectivity index is 2.68. The first-order chi connectivity index (χ1) is 8.50. The molecule has 7 heteroatoms. The summed E-state index contributed by atoms with van der Waals surface area (Å²) in [6, 6.07) is 0. The van der Waals surface area contributed by atoms with Gasteiger partial charge in [-0.2, -0.15) is 0 Å². The number of carbonyl (C=O) groups excluding carboxylic acids is 1. The van der Waals surface area contributed by atoms with E-state index in [4.69, 9.17) is 10.8 Å². The van der Waals surface area contributed by atoms with Gasteiger partial charge >= 0.3 is 5.97 Å². The van der Waals surface area contributed by atoms with E-state index in [0.29, 0.717) is 13.0 Å². The molecular weight excluding hydrogens is 236 g/mol. The average molecular weight is 248 g/mol. The summed E-state index contributed by atoms with van der Waals surface area (Å²) in [5.41, 5.74) is 5.26. The molecule has 0 atom stereocenters. The van der Waals surface area contributed by atoms with Gasteiger partial charge in [0, 0.05) is 19.9 Å². The van der Waals surface area contributed by atoms with E-state index in [9.17, 15) is 9.59 Å². The molecule has 0 unspecified atom stereocenters. The molecule has 0 radical (unpaired) electrons. The number of aromatic carboxylic acids is 1. The van der Waals surface area contributed by atoms with Crippen molar-refractivity contribution in [2.75, 3.05) is 12.3 Å². The largest absolute Gasteiger partial charge is 0.476 e. The van der Waals surface area contributed by atoms with Crippen LogP contribution in [0.5, 0.6) is 0 Å². The molecule has 0 aliphatic carbocycles. The predicted octanol–water partition coefficient (Wildman–Crippen LogP) is -0.365. The average Bonchev–Trinajstić information content (AvgIpc) is 2.30. The Morgan fingerprint density at radius 1 is 1.56 bits per heavy atom. The molecule has 0 aliphatic rings. The number of hydrogen-bond acceptors (Lipinski definition) is 5.